The van der Waals surface area contributed by atoms with Crippen molar-refractivity contribution >= 4 is 17.9 Å². The summed E-state index contributed by atoms with van der Waals surface area (Å²) in [6, 6.07) is 6.11. The molecular weight excluding hydrogens is 406 g/mol. The van der Waals surface area contributed by atoms with Gasteiger partial charge in [-0.2, -0.15) is 0 Å². The molecule has 7 nitrogen and oxygen atoms in total. The van der Waals surface area contributed by atoms with Crippen LogP contribution in [0.1, 0.15) is 85.4 Å². The van der Waals surface area contributed by atoms with Crippen LogP contribution < -0.4 is 10.6 Å². The molecule has 0 aliphatic carbocycles. The lowest BCUT2D eigenvalue weighted by atomic mass is 10.00. The zero-order chi connectivity index (χ0) is 24.5. The molecule has 0 aliphatic rings. The van der Waals surface area contributed by atoms with Crippen molar-refractivity contribution in [2.24, 2.45) is 0 Å². The molecule has 180 valence electrons. The number of likely N-dealkylation sites (N-methyl/N-ethyl adjacent to an activating group) is 1. The molecule has 0 spiro atoms. The lowest BCUT2D eigenvalue weighted by Crippen LogP contribution is -2.52. The summed E-state index contributed by atoms with van der Waals surface area (Å²) in [5.74, 6) is -0.573. The highest BCUT2D eigenvalue weighted by atomic mass is 16.6. The molecule has 1 rings (SSSR count). The monoisotopic (exact) mass is 447 g/mol. The molecule has 2 N–H and O–H groups in total. The summed E-state index contributed by atoms with van der Waals surface area (Å²) in [7, 11) is 0. The van der Waals surface area contributed by atoms with Gasteiger partial charge in [0.15, 0.2) is 0 Å². The van der Waals surface area contributed by atoms with E-state index in [2.05, 4.69) is 24.5 Å². The van der Waals surface area contributed by atoms with Crippen molar-refractivity contribution in [3.8, 4) is 0 Å². The number of nitrogens with one attached hydrogen (secondary N) is 2. The van der Waals surface area contributed by atoms with Gasteiger partial charge in [0.25, 0.3) is 0 Å². The van der Waals surface area contributed by atoms with Gasteiger partial charge >= 0.3 is 6.09 Å². The highest BCUT2D eigenvalue weighted by Crippen LogP contribution is 2.23. The topological polar surface area (TPSA) is 87.7 Å². The van der Waals surface area contributed by atoms with Gasteiger partial charge in [0.2, 0.25) is 11.8 Å². The molecule has 0 radical (unpaired) electrons. The molecule has 0 fully saturated rings. The average molecular weight is 448 g/mol. The normalized spacial score (nSPS) is 14.1. The molecule has 0 heterocycles. The Balaban J connectivity index is 3.18. The molecule has 7 heteroatoms. The van der Waals surface area contributed by atoms with Gasteiger partial charge < -0.3 is 20.3 Å². The number of benzene rings is 1. The van der Waals surface area contributed by atoms with E-state index in [0.29, 0.717) is 6.54 Å². The number of carbonyl (C=O) groups excluding carboxylic acids is 3. The smallest absolute Gasteiger partial charge is 0.408 e. The zero-order valence-electron chi connectivity index (χ0n) is 21.0. The summed E-state index contributed by atoms with van der Waals surface area (Å²) in [6.45, 7) is 15.1. The second kappa shape index (κ2) is 12.5. The first kappa shape index (κ1) is 27.5. The third-order valence-corrected chi connectivity index (χ3v) is 5.10. The number of aryl methyl sites for hydroxylation is 1. The lowest BCUT2D eigenvalue weighted by Gasteiger charge is -2.33. The summed E-state index contributed by atoms with van der Waals surface area (Å²) in [4.78, 5) is 40.3. The summed E-state index contributed by atoms with van der Waals surface area (Å²) in [5.41, 5.74) is 1.22. The third-order valence-electron chi connectivity index (χ3n) is 5.10. The van der Waals surface area contributed by atoms with Crippen molar-refractivity contribution in [1.82, 2.24) is 15.5 Å². The summed E-state index contributed by atoms with van der Waals surface area (Å²) in [6.07, 6.45) is 2.02. The highest BCUT2D eigenvalue weighted by molar-refractivity contribution is 5.92. The fourth-order valence-electron chi connectivity index (χ4n) is 3.50. The van der Waals surface area contributed by atoms with Crippen molar-refractivity contribution in [2.75, 3.05) is 6.54 Å². The summed E-state index contributed by atoms with van der Waals surface area (Å²) >= 11 is 0. The minimum atomic E-state index is -0.844. The standard InChI is InChI=1S/C25H41N3O4/c1-9-12-17(4)26-22(29)21(20-15-13-19(10-2)14-16-20)28(11-3)23(30)18(5)27-24(31)32-25(6,7)8/h13-18,21H,9-12H2,1-8H3,(H,26,29)(H,27,31). The number of rotatable bonds is 10. The van der Waals surface area contributed by atoms with Gasteiger partial charge in [0.05, 0.1) is 0 Å². The number of alkyl carbamates (subject to hydrolysis) is 1. The van der Waals surface area contributed by atoms with Gasteiger partial charge in [-0.3, -0.25) is 9.59 Å². The molecule has 1 aromatic carbocycles. The molecule has 32 heavy (non-hydrogen) atoms. The van der Waals surface area contributed by atoms with Crippen LogP contribution in [-0.4, -0.2) is 47.0 Å². The van der Waals surface area contributed by atoms with Gasteiger partial charge in [-0.1, -0.05) is 44.5 Å². The van der Waals surface area contributed by atoms with Crippen molar-refractivity contribution in [3.63, 3.8) is 0 Å². The van der Waals surface area contributed by atoms with Crippen LogP contribution in [0.4, 0.5) is 4.79 Å². The van der Waals surface area contributed by atoms with E-state index < -0.39 is 23.8 Å². The van der Waals surface area contributed by atoms with Gasteiger partial charge in [0, 0.05) is 12.6 Å². The van der Waals surface area contributed by atoms with Crippen molar-refractivity contribution < 1.29 is 19.1 Å². The van der Waals surface area contributed by atoms with Gasteiger partial charge in [-0.05, 0) is 65.5 Å². The molecule has 3 amide bonds. The number of ether oxygens (including phenoxy) is 1. The first-order chi connectivity index (χ1) is 14.9. The second-order valence-electron chi connectivity index (χ2n) is 9.19. The minimum absolute atomic E-state index is 0.00367. The minimum Gasteiger partial charge on any atom is -0.444 e. The maximum absolute atomic E-state index is 13.3. The average Bonchev–Trinajstić information content (AvgIpc) is 2.70. The van der Waals surface area contributed by atoms with Crippen LogP contribution in [0.15, 0.2) is 24.3 Å². The Labute approximate surface area is 193 Å². The molecule has 0 aromatic heterocycles. The van der Waals surface area contributed by atoms with Gasteiger partial charge in [-0.15, -0.1) is 0 Å². The zero-order valence-corrected chi connectivity index (χ0v) is 21.0. The van der Waals surface area contributed by atoms with Crippen molar-refractivity contribution in [3.05, 3.63) is 35.4 Å². The highest BCUT2D eigenvalue weighted by Gasteiger charge is 2.34. The molecular formula is C25H41N3O4. The van der Waals surface area contributed by atoms with Crippen LogP contribution in [0.3, 0.4) is 0 Å². The Bertz CT molecular complexity index is 755. The first-order valence-corrected chi connectivity index (χ1v) is 11.6. The number of nitrogens with zero attached hydrogens (tertiary/aromatic N) is 1. The predicted molar refractivity (Wildman–Crippen MR) is 127 cm³/mol. The van der Waals surface area contributed by atoms with E-state index in [0.717, 1.165) is 30.4 Å². The SMILES string of the molecule is CCCC(C)NC(=O)C(c1ccc(CC)cc1)N(CC)C(=O)C(C)NC(=O)OC(C)(C)C. The van der Waals surface area contributed by atoms with Crippen LogP contribution in [-0.2, 0) is 20.7 Å². The Morgan fingerprint density at radius 3 is 2.06 bits per heavy atom. The summed E-state index contributed by atoms with van der Waals surface area (Å²) < 4.78 is 5.27. The molecule has 0 saturated heterocycles. The van der Waals surface area contributed by atoms with E-state index in [-0.39, 0.29) is 17.9 Å². The van der Waals surface area contributed by atoms with Gasteiger partial charge in [-0.25, -0.2) is 4.79 Å². The molecule has 1 aromatic rings. The number of amides is 3. The van der Waals surface area contributed by atoms with E-state index in [1.165, 1.54) is 4.90 Å². The van der Waals surface area contributed by atoms with Crippen LogP contribution in [0, 0.1) is 0 Å². The Kier molecular flexibility index (Phi) is 10.7. The fraction of sp³-hybridized carbons (Fsp3) is 0.640. The van der Waals surface area contributed by atoms with Crippen molar-refractivity contribution in [1.29, 1.82) is 0 Å². The third kappa shape index (κ3) is 8.52. The van der Waals surface area contributed by atoms with E-state index in [4.69, 9.17) is 4.74 Å². The molecule has 3 atom stereocenters. The Morgan fingerprint density at radius 1 is 1.00 bits per heavy atom. The molecule has 0 bridgehead atoms. The van der Waals surface area contributed by atoms with Crippen LogP contribution in [0.5, 0.6) is 0 Å². The number of carbonyl (C=O) groups is 3. The van der Waals surface area contributed by atoms with Crippen molar-refractivity contribution in [2.45, 2.75) is 98.4 Å². The van der Waals surface area contributed by atoms with Crippen LogP contribution in [0.2, 0.25) is 0 Å². The fourth-order valence-corrected chi connectivity index (χ4v) is 3.50. The largest absolute Gasteiger partial charge is 0.444 e. The molecule has 3 unspecified atom stereocenters. The number of hydrogen-bond donors (Lipinski definition) is 2. The Hall–Kier alpha value is -2.57. The van der Waals surface area contributed by atoms with Crippen LogP contribution in [0.25, 0.3) is 0 Å². The van der Waals surface area contributed by atoms with E-state index in [1.807, 2.05) is 38.1 Å². The maximum atomic E-state index is 13.3. The van der Waals surface area contributed by atoms with E-state index >= 15 is 0 Å². The van der Waals surface area contributed by atoms with E-state index in [1.54, 1.807) is 27.7 Å². The summed E-state index contributed by atoms with van der Waals surface area (Å²) in [5, 5.41) is 5.64. The lowest BCUT2D eigenvalue weighted by molar-refractivity contribution is -0.142. The van der Waals surface area contributed by atoms with Crippen LogP contribution >= 0.6 is 0 Å². The van der Waals surface area contributed by atoms with E-state index in [9.17, 15) is 14.4 Å². The predicted octanol–water partition coefficient (Wildman–Crippen LogP) is 4.36. The Morgan fingerprint density at radius 2 is 1.59 bits per heavy atom. The second-order valence-corrected chi connectivity index (χ2v) is 9.19. The molecule has 0 saturated carbocycles. The van der Waals surface area contributed by atoms with Gasteiger partial charge in [0.1, 0.15) is 17.7 Å². The first-order valence-electron chi connectivity index (χ1n) is 11.6. The quantitative estimate of drug-likeness (QED) is 0.558. The molecule has 0 aliphatic heterocycles. The number of hydrogen-bond acceptors (Lipinski definition) is 4. The maximum Gasteiger partial charge on any atom is 0.408 e.